The minimum Gasteiger partial charge on any atom is -0.455 e. The van der Waals surface area contributed by atoms with Crippen LogP contribution in [0.4, 0.5) is 0 Å². The van der Waals surface area contributed by atoms with Crippen molar-refractivity contribution < 1.29 is 8.83 Å². The van der Waals surface area contributed by atoms with Gasteiger partial charge in [-0.25, -0.2) is 0 Å². The molecule has 0 spiro atoms. The van der Waals surface area contributed by atoms with E-state index in [2.05, 4.69) is 151 Å². The van der Waals surface area contributed by atoms with Gasteiger partial charge in [0.05, 0.1) is 0 Å². The first kappa shape index (κ1) is 28.0. The fourth-order valence-corrected chi connectivity index (χ4v) is 8.09. The second kappa shape index (κ2) is 10.8. The molecule has 3 heterocycles. The Hall–Kier alpha value is -6.84. The Morgan fingerprint density at radius 3 is 1.12 bits per heavy atom. The third-order valence-electron chi connectivity index (χ3n) is 10.5. The van der Waals surface area contributed by atoms with Gasteiger partial charge in [0.2, 0.25) is 0 Å². The maximum Gasteiger partial charge on any atom is 0.143 e. The molecule has 0 unspecified atom stereocenters. The van der Waals surface area contributed by atoms with E-state index >= 15 is 0 Å². The molecule has 0 aliphatic carbocycles. The van der Waals surface area contributed by atoms with Gasteiger partial charge in [0.25, 0.3) is 0 Å². The summed E-state index contributed by atoms with van der Waals surface area (Å²) in [6.45, 7) is 0. The zero-order valence-electron chi connectivity index (χ0n) is 27.5. The van der Waals surface area contributed by atoms with E-state index in [9.17, 15) is 0 Å². The zero-order valence-corrected chi connectivity index (χ0v) is 27.5. The van der Waals surface area contributed by atoms with Crippen LogP contribution in [0, 0.1) is 0 Å². The summed E-state index contributed by atoms with van der Waals surface area (Å²) in [4.78, 5) is 3.89. The molecule has 0 aliphatic rings. The lowest BCUT2D eigenvalue weighted by Crippen LogP contribution is -1.84. The van der Waals surface area contributed by atoms with Gasteiger partial charge in [-0.05, 0) is 69.1 Å². The van der Waals surface area contributed by atoms with Crippen molar-refractivity contribution in [1.29, 1.82) is 0 Å². The molecule has 0 aliphatic heterocycles. The molecular weight excluding hydrogens is 623 g/mol. The molecule has 11 rings (SSSR count). The van der Waals surface area contributed by atoms with E-state index < -0.39 is 0 Å². The van der Waals surface area contributed by atoms with Crippen LogP contribution in [0.1, 0.15) is 0 Å². The molecule has 238 valence electrons. The molecular formula is C48H29NO2. The van der Waals surface area contributed by atoms with Crippen molar-refractivity contribution in [3.05, 3.63) is 170 Å². The van der Waals surface area contributed by atoms with Crippen molar-refractivity contribution in [3.8, 4) is 22.3 Å². The first-order valence-electron chi connectivity index (χ1n) is 17.3. The molecule has 0 bridgehead atoms. The van der Waals surface area contributed by atoms with Crippen molar-refractivity contribution in [2.24, 2.45) is 0 Å². The zero-order chi connectivity index (χ0) is 33.5. The molecule has 0 fully saturated rings. The summed E-state index contributed by atoms with van der Waals surface area (Å²) in [7, 11) is 0. The summed E-state index contributed by atoms with van der Waals surface area (Å²) in [6, 6.07) is 60.4. The van der Waals surface area contributed by atoms with Crippen molar-refractivity contribution in [2.75, 3.05) is 0 Å². The Labute approximate surface area is 292 Å². The van der Waals surface area contributed by atoms with E-state index in [1.54, 1.807) is 0 Å². The van der Waals surface area contributed by atoms with Crippen LogP contribution >= 0.6 is 0 Å². The van der Waals surface area contributed by atoms with Gasteiger partial charge in [0.1, 0.15) is 22.3 Å². The van der Waals surface area contributed by atoms with Crippen molar-refractivity contribution in [3.63, 3.8) is 0 Å². The number of fused-ring (bicyclic) bond motifs is 13. The highest BCUT2D eigenvalue weighted by Gasteiger charge is 2.15. The maximum absolute atomic E-state index is 6.48. The molecule has 0 saturated heterocycles. The van der Waals surface area contributed by atoms with Crippen LogP contribution in [0.3, 0.4) is 0 Å². The Kier molecular flexibility index (Phi) is 5.96. The van der Waals surface area contributed by atoms with E-state index in [-0.39, 0.29) is 0 Å². The van der Waals surface area contributed by atoms with Crippen LogP contribution in [0.25, 0.3) is 109 Å². The van der Waals surface area contributed by atoms with E-state index in [0.717, 1.165) is 87.9 Å². The van der Waals surface area contributed by atoms with Crippen LogP contribution in [-0.4, -0.2) is 4.98 Å². The van der Waals surface area contributed by atoms with Gasteiger partial charge >= 0.3 is 0 Å². The van der Waals surface area contributed by atoms with E-state index in [4.69, 9.17) is 8.83 Å². The van der Waals surface area contributed by atoms with Gasteiger partial charge in [-0.15, -0.1) is 0 Å². The molecule has 3 heteroatoms. The van der Waals surface area contributed by atoms with Crippen LogP contribution in [0.15, 0.2) is 179 Å². The molecule has 0 amide bonds. The van der Waals surface area contributed by atoms with Gasteiger partial charge in [-0.2, -0.15) is 0 Å². The summed E-state index contributed by atoms with van der Waals surface area (Å²) in [5, 5.41) is 11.5. The molecule has 1 N–H and O–H groups in total. The Bertz CT molecular complexity index is 3050. The quantitative estimate of drug-likeness (QED) is 0.202. The average Bonchev–Trinajstić information content (AvgIpc) is 3.78. The van der Waals surface area contributed by atoms with Gasteiger partial charge in [0, 0.05) is 54.5 Å². The highest BCUT2D eigenvalue weighted by Crippen LogP contribution is 2.40. The summed E-state index contributed by atoms with van der Waals surface area (Å²) < 4.78 is 13.0. The molecule has 3 nitrogen and oxygen atoms in total. The lowest BCUT2D eigenvalue weighted by Gasteiger charge is -2.07. The van der Waals surface area contributed by atoms with Gasteiger partial charge in [-0.1, -0.05) is 133 Å². The van der Waals surface area contributed by atoms with Crippen LogP contribution < -0.4 is 0 Å². The topological polar surface area (TPSA) is 42.1 Å². The minimum absolute atomic E-state index is 0.902. The van der Waals surface area contributed by atoms with Gasteiger partial charge < -0.3 is 13.8 Å². The summed E-state index contributed by atoms with van der Waals surface area (Å²) in [5.74, 6) is 0. The molecule has 51 heavy (non-hydrogen) atoms. The van der Waals surface area contributed by atoms with Crippen LogP contribution in [0.5, 0.6) is 0 Å². The molecule has 8 aromatic carbocycles. The fourth-order valence-electron chi connectivity index (χ4n) is 8.09. The number of hydrogen-bond donors (Lipinski definition) is 1. The Morgan fingerprint density at radius 2 is 0.667 bits per heavy atom. The Balaban J connectivity index is 1.23. The lowest BCUT2D eigenvalue weighted by atomic mass is 9.97. The van der Waals surface area contributed by atoms with Crippen molar-refractivity contribution in [1.82, 2.24) is 4.98 Å². The highest BCUT2D eigenvalue weighted by atomic mass is 16.3. The first-order valence-corrected chi connectivity index (χ1v) is 17.3. The monoisotopic (exact) mass is 651 g/mol. The number of furan rings is 2. The molecule has 0 atom stereocenters. The minimum atomic E-state index is 0.902. The van der Waals surface area contributed by atoms with Crippen LogP contribution in [-0.2, 0) is 0 Å². The second-order valence-electron chi connectivity index (χ2n) is 13.3. The molecule has 3 aromatic heterocycles. The largest absolute Gasteiger partial charge is 0.455 e. The van der Waals surface area contributed by atoms with E-state index in [0.29, 0.717) is 0 Å². The smallest absolute Gasteiger partial charge is 0.143 e. The highest BCUT2D eigenvalue weighted by molar-refractivity contribution is 6.20. The number of aromatic nitrogens is 1. The number of aromatic amines is 1. The maximum atomic E-state index is 6.48. The lowest BCUT2D eigenvalue weighted by molar-refractivity contribution is 0.669. The molecule has 11 aromatic rings. The fraction of sp³-hybridized carbons (Fsp3) is 0. The van der Waals surface area contributed by atoms with Gasteiger partial charge in [0.15, 0.2) is 0 Å². The number of H-pyrrole nitrogens is 1. The predicted octanol–water partition coefficient (Wildman–Crippen LogP) is 13.9. The molecule has 0 saturated carbocycles. The predicted molar refractivity (Wildman–Crippen MR) is 214 cm³/mol. The van der Waals surface area contributed by atoms with Crippen molar-refractivity contribution >= 4 is 87.2 Å². The second-order valence-corrected chi connectivity index (χ2v) is 13.3. The number of hydrogen-bond acceptors (Lipinski definition) is 2. The first-order chi connectivity index (χ1) is 25.3. The third kappa shape index (κ3) is 4.25. The summed E-state index contributed by atoms with van der Waals surface area (Å²) in [6.07, 6.45) is 0. The number of rotatable bonds is 2. The van der Waals surface area contributed by atoms with Crippen LogP contribution in [0.2, 0.25) is 0 Å². The molecule has 0 radical (unpaired) electrons. The normalized spacial score (nSPS) is 11.9. The van der Waals surface area contributed by atoms with E-state index in [1.807, 2.05) is 24.3 Å². The van der Waals surface area contributed by atoms with Crippen molar-refractivity contribution in [2.45, 2.75) is 0 Å². The number of benzene rings is 8. The van der Waals surface area contributed by atoms with E-state index in [1.165, 1.54) is 21.5 Å². The third-order valence-corrected chi connectivity index (χ3v) is 10.5. The summed E-state index contributed by atoms with van der Waals surface area (Å²) >= 11 is 0. The number of nitrogens with one attached hydrogen (secondary N) is 1. The number of para-hydroxylation sites is 4. The SMILES string of the molecule is c1ccc2c(c1)oc1c(-c3ccc4[nH]c5ccc(-c6cccc7c6oc6ccccc67)cc5c5ccccc5c5ccccc5c4c3)cccc12. The Morgan fingerprint density at radius 1 is 0.294 bits per heavy atom. The standard InChI is InChI=1S/C48H29NO2/c1-3-13-35-33(11-1)34-12-2-4-14-36(34)42-28-30(32-18-10-20-40-38-16-6-8-22-46(38)51-48(32)40)24-26-44(42)49-43-25-23-29(27-41(35)43)31-17-9-19-39-37-15-5-7-21-45(37)50-47(31)39/h1-28,49H. The van der Waals surface area contributed by atoms with Gasteiger partial charge in [-0.3, -0.25) is 0 Å². The summed E-state index contributed by atoms with van der Waals surface area (Å²) in [5.41, 5.74) is 10.1. The average molecular weight is 652 g/mol.